The summed E-state index contributed by atoms with van der Waals surface area (Å²) in [5, 5.41) is 0. The van der Waals surface area contributed by atoms with Gasteiger partial charge in [-0.15, -0.1) is 0 Å². The highest BCUT2D eigenvalue weighted by molar-refractivity contribution is 5.29. The van der Waals surface area contributed by atoms with Gasteiger partial charge in [0.2, 0.25) is 0 Å². The van der Waals surface area contributed by atoms with Gasteiger partial charge in [-0.05, 0) is 31.6 Å². The van der Waals surface area contributed by atoms with Crippen molar-refractivity contribution < 1.29 is 4.74 Å². The summed E-state index contributed by atoms with van der Waals surface area (Å²) in [5.74, 6) is 1.43. The molecule has 0 heterocycles. The van der Waals surface area contributed by atoms with Crippen molar-refractivity contribution in [2.75, 3.05) is 0 Å². The van der Waals surface area contributed by atoms with Crippen LogP contribution < -0.4 is 0 Å². The highest BCUT2D eigenvalue weighted by Gasteiger charge is 1.98. The zero-order chi connectivity index (χ0) is 13.1. The Hall–Kier alpha value is -1.76. The van der Waals surface area contributed by atoms with Crippen LogP contribution in [0.1, 0.15) is 27.2 Å². The highest BCUT2D eigenvalue weighted by atomic mass is 16.5. The molecule has 0 spiro atoms. The Labute approximate surface area is 105 Å². The molecule has 1 nitrogen and oxygen atoms in total. The molecule has 1 aliphatic rings. The average molecular weight is 230 g/mol. The minimum absolute atomic E-state index is 0.612. The van der Waals surface area contributed by atoms with Crippen molar-refractivity contribution in [1.29, 1.82) is 0 Å². The molecule has 0 radical (unpaired) electrons. The third-order valence-electron chi connectivity index (χ3n) is 1.89. The van der Waals surface area contributed by atoms with Crippen molar-refractivity contribution >= 4 is 0 Å². The first-order valence-corrected chi connectivity index (χ1v) is 5.92. The van der Waals surface area contributed by atoms with E-state index in [1.807, 2.05) is 32.1 Å². The average Bonchev–Trinajstić information content (AvgIpc) is 2.53. The van der Waals surface area contributed by atoms with Crippen LogP contribution in [0, 0.1) is 0 Å². The van der Waals surface area contributed by atoms with Gasteiger partial charge in [-0.25, -0.2) is 0 Å². The van der Waals surface area contributed by atoms with Crippen molar-refractivity contribution in [3.63, 3.8) is 0 Å². The Morgan fingerprint density at radius 1 is 1.41 bits per heavy atom. The van der Waals surface area contributed by atoms with Gasteiger partial charge in [-0.3, -0.25) is 0 Å². The largest absolute Gasteiger partial charge is 0.458 e. The molecule has 1 heteroatoms. The Morgan fingerprint density at radius 2 is 2.12 bits per heavy atom. The monoisotopic (exact) mass is 230 g/mol. The third kappa shape index (κ3) is 7.18. The molecular weight excluding hydrogens is 208 g/mol. The van der Waals surface area contributed by atoms with Crippen LogP contribution in [0.2, 0.25) is 0 Å². The molecule has 0 bridgehead atoms. The molecule has 0 saturated heterocycles. The molecule has 1 rings (SSSR count). The molecule has 92 valence electrons. The minimum Gasteiger partial charge on any atom is -0.458 e. The van der Waals surface area contributed by atoms with Crippen molar-refractivity contribution in [1.82, 2.24) is 0 Å². The summed E-state index contributed by atoms with van der Waals surface area (Å²) in [5.41, 5.74) is 1.27. The fourth-order valence-corrected chi connectivity index (χ4v) is 1.19. The lowest BCUT2D eigenvalue weighted by molar-refractivity contribution is 0.338. The first-order chi connectivity index (χ1) is 8.22. The summed E-state index contributed by atoms with van der Waals surface area (Å²) < 4.78 is 5.55. The molecule has 0 aromatic rings. The Morgan fingerprint density at radius 3 is 2.76 bits per heavy atom. The van der Waals surface area contributed by atoms with Gasteiger partial charge < -0.3 is 4.74 Å². The van der Waals surface area contributed by atoms with E-state index in [2.05, 4.69) is 26.2 Å². The Balaban J connectivity index is 0.00000121. The lowest BCUT2D eigenvalue weighted by Gasteiger charge is -2.05. The van der Waals surface area contributed by atoms with Gasteiger partial charge in [0.15, 0.2) is 0 Å². The van der Waals surface area contributed by atoms with Crippen molar-refractivity contribution in [3.05, 3.63) is 72.8 Å². The van der Waals surface area contributed by atoms with E-state index in [-0.39, 0.29) is 0 Å². The normalized spacial score (nSPS) is 14.1. The predicted octanol–water partition coefficient (Wildman–Crippen LogP) is 5.08. The quantitative estimate of drug-likeness (QED) is 0.483. The molecule has 0 saturated carbocycles. The van der Waals surface area contributed by atoms with E-state index in [9.17, 15) is 0 Å². The van der Waals surface area contributed by atoms with E-state index in [0.29, 0.717) is 5.76 Å². The first kappa shape index (κ1) is 15.2. The molecule has 0 aromatic heterocycles. The van der Waals surface area contributed by atoms with E-state index < -0.39 is 0 Å². The van der Waals surface area contributed by atoms with E-state index in [1.54, 1.807) is 18.2 Å². The van der Waals surface area contributed by atoms with Gasteiger partial charge in [-0.1, -0.05) is 56.9 Å². The maximum absolute atomic E-state index is 5.55. The van der Waals surface area contributed by atoms with Crippen LogP contribution in [0.25, 0.3) is 0 Å². The molecule has 0 aromatic carbocycles. The summed E-state index contributed by atoms with van der Waals surface area (Å²) >= 11 is 0. The molecule has 0 aliphatic heterocycles. The molecule has 1 aliphatic carbocycles. The predicted molar refractivity (Wildman–Crippen MR) is 76.5 cm³/mol. The van der Waals surface area contributed by atoms with E-state index in [4.69, 9.17) is 4.74 Å². The van der Waals surface area contributed by atoms with Crippen LogP contribution in [0.3, 0.4) is 0 Å². The van der Waals surface area contributed by atoms with Crippen molar-refractivity contribution in [3.8, 4) is 0 Å². The summed E-state index contributed by atoms with van der Waals surface area (Å²) in [4.78, 5) is 0. The summed E-state index contributed by atoms with van der Waals surface area (Å²) in [6.07, 6.45) is 14.3. The topological polar surface area (TPSA) is 9.23 Å². The van der Waals surface area contributed by atoms with E-state index >= 15 is 0 Å². The van der Waals surface area contributed by atoms with Crippen LogP contribution in [0.4, 0.5) is 0 Å². The van der Waals surface area contributed by atoms with Crippen LogP contribution in [0.5, 0.6) is 0 Å². The lowest BCUT2D eigenvalue weighted by atomic mass is 10.2. The third-order valence-corrected chi connectivity index (χ3v) is 1.89. The van der Waals surface area contributed by atoms with Gasteiger partial charge in [0.05, 0.1) is 0 Å². The standard InChI is InChI=1S/C14H16O.C2H6/c1-4-5-9-13(3)15-14-10-7-6-8-12(2)11-14;1-2/h4-7,9-11H,1,3,8H2,2H3;1-2H3/b9-5-;. The fraction of sp³-hybridized carbons (Fsp3) is 0.250. The number of hydrogen-bond acceptors (Lipinski definition) is 1. The second-order valence-corrected chi connectivity index (χ2v) is 3.36. The van der Waals surface area contributed by atoms with Crippen molar-refractivity contribution in [2.45, 2.75) is 27.2 Å². The number of ether oxygens (including phenoxy) is 1. The summed E-state index contributed by atoms with van der Waals surface area (Å²) in [6, 6.07) is 0. The van der Waals surface area contributed by atoms with Gasteiger partial charge in [-0.2, -0.15) is 0 Å². The molecule has 0 atom stereocenters. The molecule has 0 amide bonds. The fourth-order valence-electron chi connectivity index (χ4n) is 1.19. The molecule has 0 N–H and O–H groups in total. The Bertz CT molecular complexity index is 365. The van der Waals surface area contributed by atoms with Gasteiger partial charge in [0, 0.05) is 0 Å². The first-order valence-electron chi connectivity index (χ1n) is 5.92. The zero-order valence-corrected chi connectivity index (χ0v) is 11.1. The molecule has 0 unspecified atom stereocenters. The maximum Gasteiger partial charge on any atom is 0.127 e. The number of rotatable bonds is 4. The lowest BCUT2D eigenvalue weighted by Crippen LogP contribution is -1.87. The highest BCUT2D eigenvalue weighted by Crippen LogP contribution is 2.15. The van der Waals surface area contributed by atoms with Gasteiger partial charge >= 0.3 is 0 Å². The van der Waals surface area contributed by atoms with Crippen LogP contribution in [-0.4, -0.2) is 0 Å². The van der Waals surface area contributed by atoms with Gasteiger partial charge in [0.1, 0.15) is 11.5 Å². The second kappa shape index (κ2) is 9.46. The number of allylic oxidation sites excluding steroid dienone is 8. The van der Waals surface area contributed by atoms with E-state index in [1.165, 1.54) is 5.57 Å². The zero-order valence-electron chi connectivity index (χ0n) is 11.1. The maximum atomic E-state index is 5.55. The second-order valence-electron chi connectivity index (χ2n) is 3.36. The SMILES string of the molecule is C=C/C=C\C(=C)OC1=CC=CCC(C)=C1.CC. The summed E-state index contributed by atoms with van der Waals surface area (Å²) in [6.45, 7) is 13.5. The molecule has 17 heavy (non-hydrogen) atoms. The molecule has 0 fully saturated rings. The van der Waals surface area contributed by atoms with Crippen LogP contribution in [0.15, 0.2) is 72.8 Å². The Kier molecular flexibility index (Phi) is 8.48. The van der Waals surface area contributed by atoms with Crippen molar-refractivity contribution in [2.24, 2.45) is 0 Å². The number of hydrogen-bond donors (Lipinski definition) is 0. The van der Waals surface area contributed by atoms with Crippen LogP contribution >= 0.6 is 0 Å². The van der Waals surface area contributed by atoms with Gasteiger partial charge in [0.25, 0.3) is 0 Å². The smallest absolute Gasteiger partial charge is 0.127 e. The molecular formula is C16H22O. The van der Waals surface area contributed by atoms with Crippen LogP contribution in [-0.2, 0) is 4.74 Å². The van der Waals surface area contributed by atoms with E-state index in [0.717, 1.165) is 12.2 Å². The minimum atomic E-state index is 0.612. The summed E-state index contributed by atoms with van der Waals surface area (Å²) in [7, 11) is 0.